The Balaban J connectivity index is 2.23. The molecular weight excluding hydrogens is 383 g/mol. The van der Waals surface area contributed by atoms with E-state index < -0.39 is 27.7 Å². The third-order valence-corrected chi connectivity index (χ3v) is 5.68. The van der Waals surface area contributed by atoms with Gasteiger partial charge in [-0.3, -0.25) is 4.79 Å². The van der Waals surface area contributed by atoms with E-state index in [4.69, 9.17) is 5.73 Å². The molecular formula is C20H19FN2O4S. The van der Waals surface area contributed by atoms with Gasteiger partial charge in [0.2, 0.25) is 0 Å². The van der Waals surface area contributed by atoms with E-state index in [0.717, 1.165) is 6.26 Å². The molecule has 1 atom stereocenters. The molecule has 0 amide bonds. The van der Waals surface area contributed by atoms with Crippen LogP contribution in [-0.4, -0.2) is 30.3 Å². The van der Waals surface area contributed by atoms with Gasteiger partial charge in [-0.05, 0) is 55.0 Å². The third kappa shape index (κ3) is 3.69. The largest absolute Gasteiger partial charge is 0.480 e. The van der Waals surface area contributed by atoms with Crippen LogP contribution < -0.4 is 5.73 Å². The molecule has 0 saturated heterocycles. The lowest BCUT2D eigenvalue weighted by atomic mass is 10.1. The van der Waals surface area contributed by atoms with Gasteiger partial charge in [0.05, 0.1) is 10.6 Å². The van der Waals surface area contributed by atoms with Crippen molar-refractivity contribution in [1.29, 1.82) is 0 Å². The summed E-state index contributed by atoms with van der Waals surface area (Å²) in [5.74, 6) is -1.56. The zero-order valence-corrected chi connectivity index (χ0v) is 16.1. The molecule has 28 heavy (non-hydrogen) atoms. The normalized spacial score (nSPS) is 12.7. The molecule has 0 bridgehead atoms. The van der Waals surface area contributed by atoms with Gasteiger partial charge in [0.1, 0.15) is 11.9 Å². The predicted molar refractivity (Wildman–Crippen MR) is 104 cm³/mol. The Morgan fingerprint density at radius 2 is 1.68 bits per heavy atom. The van der Waals surface area contributed by atoms with Crippen LogP contribution >= 0.6 is 0 Å². The molecule has 0 radical (unpaired) electrons. The van der Waals surface area contributed by atoms with E-state index in [1.807, 2.05) is 0 Å². The van der Waals surface area contributed by atoms with Crippen LogP contribution in [0.25, 0.3) is 16.9 Å². The first kappa shape index (κ1) is 19.8. The van der Waals surface area contributed by atoms with Gasteiger partial charge in [-0.2, -0.15) is 0 Å². The molecule has 1 unspecified atom stereocenters. The molecule has 0 saturated carbocycles. The van der Waals surface area contributed by atoms with Crippen molar-refractivity contribution < 1.29 is 22.7 Å². The summed E-state index contributed by atoms with van der Waals surface area (Å²) in [6.07, 6.45) is 1.12. The van der Waals surface area contributed by atoms with Crippen LogP contribution in [0.15, 0.2) is 59.5 Å². The maximum absolute atomic E-state index is 13.4. The van der Waals surface area contributed by atoms with Crippen molar-refractivity contribution in [3.63, 3.8) is 0 Å². The minimum Gasteiger partial charge on any atom is -0.480 e. The molecule has 8 heteroatoms. The maximum Gasteiger partial charge on any atom is 0.325 e. The SMILES string of the molecule is Cc1c(C(N)C(=O)O)cc(-c2ccc(S(C)(=O)=O)cc2)n1-c1ccc(F)cc1. The van der Waals surface area contributed by atoms with Gasteiger partial charge in [-0.15, -0.1) is 0 Å². The molecule has 6 nitrogen and oxygen atoms in total. The number of nitrogens with two attached hydrogens (primary N) is 1. The van der Waals surface area contributed by atoms with E-state index in [1.165, 1.54) is 24.3 Å². The summed E-state index contributed by atoms with van der Waals surface area (Å²) in [7, 11) is -3.34. The first-order valence-corrected chi connectivity index (χ1v) is 10.3. The smallest absolute Gasteiger partial charge is 0.325 e. The fourth-order valence-corrected chi connectivity index (χ4v) is 3.71. The lowest BCUT2D eigenvalue weighted by Gasteiger charge is -2.13. The first-order chi connectivity index (χ1) is 13.1. The summed E-state index contributed by atoms with van der Waals surface area (Å²) in [4.78, 5) is 11.6. The number of benzene rings is 2. The summed E-state index contributed by atoms with van der Waals surface area (Å²) < 4.78 is 38.5. The quantitative estimate of drug-likeness (QED) is 0.683. The predicted octanol–water partition coefficient (Wildman–Crippen LogP) is 3.08. The van der Waals surface area contributed by atoms with Crippen molar-refractivity contribution in [3.8, 4) is 16.9 Å². The molecule has 2 aromatic carbocycles. The van der Waals surface area contributed by atoms with Crippen LogP contribution in [0.2, 0.25) is 0 Å². The van der Waals surface area contributed by atoms with Crippen molar-refractivity contribution in [2.45, 2.75) is 17.9 Å². The van der Waals surface area contributed by atoms with E-state index >= 15 is 0 Å². The van der Waals surface area contributed by atoms with Gasteiger partial charge in [0, 0.05) is 23.2 Å². The first-order valence-electron chi connectivity index (χ1n) is 8.36. The molecule has 1 aromatic heterocycles. The highest BCUT2D eigenvalue weighted by molar-refractivity contribution is 7.90. The maximum atomic E-state index is 13.4. The van der Waals surface area contributed by atoms with Crippen LogP contribution in [0.5, 0.6) is 0 Å². The number of aliphatic carboxylic acids is 1. The second kappa shape index (κ2) is 7.21. The molecule has 0 fully saturated rings. The summed E-state index contributed by atoms with van der Waals surface area (Å²) in [5.41, 5.74) is 8.77. The molecule has 0 aliphatic heterocycles. The highest BCUT2D eigenvalue weighted by Crippen LogP contribution is 2.32. The highest BCUT2D eigenvalue weighted by Gasteiger charge is 2.23. The Labute approximate surface area is 162 Å². The standard InChI is InChI=1S/C20H19FN2O4S/c1-12-17(19(22)20(24)25)11-18(23(12)15-7-5-14(21)6-8-15)13-3-9-16(10-4-13)28(2,26)27/h3-11,19H,22H2,1-2H3,(H,24,25). The van der Waals surface area contributed by atoms with E-state index in [-0.39, 0.29) is 4.90 Å². The number of halogens is 1. The van der Waals surface area contributed by atoms with Crippen molar-refractivity contribution in [2.24, 2.45) is 5.73 Å². The summed E-state index contributed by atoms with van der Waals surface area (Å²) in [6.45, 7) is 1.73. The second-order valence-electron chi connectivity index (χ2n) is 6.49. The number of sulfone groups is 1. The fourth-order valence-electron chi connectivity index (χ4n) is 3.08. The Morgan fingerprint density at radius 1 is 1.11 bits per heavy atom. The summed E-state index contributed by atoms with van der Waals surface area (Å²) in [5, 5.41) is 9.31. The number of hydrogen-bond donors (Lipinski definition) is 2. The number of carboxylic acids is 1. The fraction of sp³-hybridized carbons (Fsp3) is 0.150. The molecule has 3 N–H and O–H groups in total. The van der Waals surface area contributed by atoms with Crippen molar-refractivity contribution >= 4 is 15.8 Å². The Hall–Kier alpha value is -2.97. The molecule has 146 valence electrons. The Morgan fingerprint density at radius 3 is 2.18 bits per heavy atom. The zero-order chi connectivity index (χ0) is 20.6. The molecule has 0 spiro atoms. The minimum atomic E-state index is -3.34. The van der Waals surface area contributed by atoms with Gasteiger partial charge in [0.15, 0.2) is 9.84 Å². The van der Waals surface area contributed by atoms with E-state index in [1.54, 1.807) is 41.8 Å². The van der Waals surface area contributed by atoms with Crippen LogP contribution in [-0.2, 0) is 14.6 Å². The van der Waals surface area contributed by atoms with Crippen molar-refractivity contribution in [3.05, 3.63) is 71.7 Å². The highest BCUT2D eigenvalue weighted by atomic mass is 32.2. The van der Waals surface area contributed by atoms with Gasteiger partial charge in [-0.1, -0.05) is 12.1 Å². The number of hydrogen-bond acceptors (Lipinski definition) is 4. The van der Waals surface area contributed by atoms with Crippen molar-refractivity contribution in [1.82, 2.24) is 4.57 Å². The van der Waals surface area contributed by atoms with Gasteiger partial charge in [0.25, 0.3) is 0 Å². The van der Waals surface area contributed by atoms with Crippen LogP contribution in [0.4, 0.5) is 4.39 Å². The van der Waals surface area contributed by atoms with Gasteiger partial charge < -0.3 is 15.4 Å². The minimum absolute atomic E-state index is 0.176. The van der Waals surface area contributed by atoms with E-state index in [2.05, 4.69) is 0 Å². The number of aromatic nitrogens is 1. The monoisotopic (exact) mass is 402 g/mol. The van der Waals surface area contributed by atoms with Gasteiger partial charge >= 0.3 is 5.97 Å². The molecule has 3 rings (SSSR count). The molecule has 1 heterocycles. The van der Waals surface area contributed by atoms with E-state index in [0.29, 0.717) is 28.2 Å². The lowest BCUT2D eigenvalue weighted by Crippen LogP contribution is -2.21. The zero-order valence-electron chi connectivity index (χ0n) is 15.3. The van der Waals surface area contributed by atoms with Crippen LogP contribution in [0, 0.1) is 12.7 Å². The van der Waals surface area contributed by atoms with Crippen LogP contribution in [0.3, 0.4) is 0 Å². The molecule has 0 aliphatic rings. The van der Waals surface area contributed by atoms with Crippen LogP contribution in [0.1, 0.15) is 17.3 Å². The third-order valence-electron chi connectivity index (χ3n) is 4.55. The summed E-state index contributed by atoms with van der Waals surface area (Å²) >= 11 is 0. The van der Waals surface area contributed by atoms with Crippen molar-refractivity contribution in [2.75, 3.05) is 6.26 Å². The molecule has 0 aliphatic carbocycles. The lowest BCUT2D eigenvalue weighted by molar-refractivity contribution is -0.138. The van der Waals surface area contributed by atoms with Gasteiger partial charge in [-0.25, -0.2) is 12.8 Å². The molecule has 3 aromatic rings. The topological polar surface area (TPSA) is 102 Å². The second-order valence-corrected chi connectivity index (χ2v) is 8.51. The number of nitrogens with zero attached hydrogens (tertiary/aromatic N) is 1. The Bertz CT molecular complexity index is 1130. The number of carboxylic acid groups (broad SMARTS) is 1. The number of carbonyl (C=O) groups is 1. The average molecular weight is 402 g/mol. The average Bonchev–Trinajstić information content (AvgIpc) is 2.98. The van der Waals surface area contributed by atoms with E-state index in [9.17, 15) is 22.7 Å². The Kier molecular flexibility index (Phi) is 5.10. The summed E-state index contributed by atoms with van der Waals surface area (Å²) in [6, 6.07) is 12.5. The number of rotatable bonds is 5.